The molecule has 0 aromatic heterocycles. The van der Waals surface area contributed by atoms with E-state index in [1.807, 2.05) is 13.8 Å². The molecule has 0 amide bonds. The van der Waals surface area contributed by atoms with Gasteiger partial charge < -0.3 is 9.47 Å². The van der Waals surface area contributed by atoms with Gasteiger partial charge in [0.05, 0.1) is 0 Å². The summed E-state index contributed by atoms with van der Waals surface area (Å²) >= 11 is 0. The number of esters is 2. The van der Waals surface area contributed by atoms with Gasteiger partial charge in [-0.15, -0.1) is 0 Å². The molecule has 0 N–H and O–H groups in total. The van der Waals surface area contributed by atoms with Crippen molar-refractivity contribution < 1.29 is 23.5 Å². The van der Waals surface area contributed by atoms with Crippen molar-refractivity contribution in [2.75, 3.05) is 0 Å². The van der Waals surface area contributed by atoms with E-state index in [9.17, 15) is 14.0 Å². The standard InChI is InChI=1S/C15H21FO4/c1-4-7-12(17)19-11-9-6-10-15(3,16)14(11)20-13(18)8-5-2/h6,9-10,14H,4-5,7-8H2,1-3H3. The zero-order valence-corrected chi connectivity index (χ0v) is 12.1. The van der Waals surface area contributed by atoms with Crippen LogP contribution < -0.4 is 0 Å². The summed E-state index contributed by atoms with van der Waals surface area (Å²) < 4.78 is 24.7. The van der Waals surface area contributed by atoms with Gasteiger partial charge in [-0.25, -0.2) is 4.39 Å². The Morgan fingerprint density at radius 1 is 1.25 bits per heavy atom. The molecule has 0 saturated heterocycles. The highest BCUT2D eigenvalue weighted by atomic mass is 19.1. The van der Waals surface area contributed by atoms with Crippen molar-refractivity contribution >= 4 is 11.9 Å². The van der Waals surface area contributed by atoms with E-state index in [-0.39, 0.29) is 18.6 Å². The highest BCUT2D eigenvalue weighted by Crippen LogP contribution is 2.31. The van der Waals surface area contributed by atoms with Gasteiger partial charge >= 0.3 is 11.9 Å². The second-order valence-corrected chi connectivity index (χ2v) is 4.92. The minimum Gasteiger partial charge on any atom is -0.450 e. The second kappa shape index (κ2) is 7.22. The molecule has 1 aliphatic carbocycles. The average molecular weight is 284 g/mol. The van der Waals surface area contributed by atoms with Crippen LogP contribution in [-0.4, -0.2) is 23.7 Å². The summed E-state index contributed by atoms with van der Waals surface area (Å²) in [4.78, 5) is 23.1. The third-order valence-corrected chi connectivity index (χ3v) is 2.84. The number of hydrogen-bond donors (Lipinski definition) is 0. The summed E-state index contributed by atoms with van der Waals surface area (Å²) in [5.41, 5.74) is -1.89. The van der Waals surface area contributed by atoms with Crippen molar-refractivity contribution in [3.05, 3.63) is 24.0 Å². The Morgan fingerprint density at radius 3 is 2.45 bits per heavy atom. The van der Waals surface area contributed by atoms with Gasteiger partial charge in [0.2, 0.25) is 0 Å². The molecule has 0 radical (unpaired) electrons. The van der Waals surface area contributed by atoms with Crippen LogP contribution in [-0.2, 0) is 19.1 Å². The maximum Gasteiger partial charge on any atom is 0.310 e. The maximum absolute atomic E-state index is 14.4. The molecule has 0 heterocycles. The number of ether oxygens (including phenoxy) is 2. The number of hydrogen-bond acceptors (Lipinski definition) is 4. The molecule has 2 atom stereocenters. The van der Waals surface area contributed by atoms with Gasteiger partial charge in [0.25, 0.3) is 0 Å². The number of allylic oxidation sites excluding steroid dienone is 2. The molecule has 0 aliphatic heterocycles. The Balaban J connectivity index is 2.82. The Hall–Kier alpha value is -1.65. The van der Waals surface area contributed by atoms with Crippen molar-refractivity contribution in [3.8, 4) is 0 Å². The predicted molar refractivity (Wildman–Crippen MR) is 72.5 cm³/mol. The highest BCUT2D eigenvalue weighted by molar-refractivity contribution is 5.72. The van der Waals surface area contributed by atoms with E-state index >= 15 is 0 Å². The van der Waals surface area contributed by atoms with Crippen molar-refractivity contribution in [2.45, 2.75) is 58.2 Å². The number of alkyl halides is 1. The van der Waals surface area contributed by atoms with Gasteiger partial charge in [0.1, 0.15) is 0 Å². The first-order chi connectivity index (χ1) is 9.40. The lowest BCUT2D eigenvalue weighted by atomic mass is 9.94. The Bertz CT molecular complexity index is 424. The topological polar surface area (TPSA) is 52.6 Å². The molecule has 0 spiro atoms. The third-order valence-electron chi connectivity index (χ3n) is 2.84. The van der Waals surface area contributed by atoms with Crippen LogP contribution in [0.1, 0.15) is 46.5 Å². The summed E-state index contributed by atoms with van der Waals surface area (Å²) in [6.07, 6.45) is 4.67. The van der Waals surface area contributed by atoms with Crippen LogP contribution >= 0.6 is 0 Å². The van der Waals surface area contributed by atoms with Crippen molar-refractivity contribution in [1.82, 2.24) is 0 Å². The molecular formula is C15H21FO4. The van der Waals surface area contributed by atoms with E-state index in [0.29, 0.717) is 12.8 Å². The number of carbonyl (C=O) groups is 2. The largest absolute Gasteiger partial charge is 0.450 e. The van der Waals surface area contributed by atoms with E-state index in [2.05, 4.69) is 0 Å². The third kappa shape index (κ3) is 4.47. The van der Waals surface area contributed by atoms with Gasteiger partial charge in [-0.1, -0.05) is 19.9 Å². The lowest BCUT2D eigenvalue weighted by Gasteiger charge is -2.30. The fraction of sp³-hybridized carbons (Fsp3) is 0.600. The molecular weight excluding hydrogens is 263 g/mol. The minimum atomic E-state index is -1.89. The molecule has 1 rings (SSSR count). The predicted octanol–water partition coefficient (Wildman–Crippen LogP) is 3.22. The zero-order valence-electron chi connectivity index (χ0n) is 12.1. The molecule has 1 aliphatic rings. The van der Waals surface area contributed by atoms with Crippen LogP contribution in [0.25, 0.3) is 0 Å². The number of carbonyl (C=O) groups excluding carboxylic acids is 2. The molecule has 0 saturated carbocycles. The van der Waals surface area contributed by atoms with Gasteiger partial charge in [-0.05, 0) is 31.9 Å². The maximum atomic E-state index is 14.4. The quantitative estimate of drug-likeness (QED) is 0.703. The van der Waals surface area contributed by atoms with Crippen LogP contribution in [0.2, 0.25) is 0 Å². The molecule has 0 aromatic rings. The van der Waals surface area contributed by atoms with Crippen LogP contribution in [0.5, 0.6) is 0 Å². The lowest BCUT2D eigenvalue weighted by Crippen LogP contribution is -2.41. The first kappa shape index (κ1) is 16.4. The van der Waals surface area contributed by atoms with E-state index < -0.39 is 23.7 Å². The minimum absolute atomic E-state index is 0.0420. The van der Waals surface area contributed by atoms with Gasteiger partial charge in [0.15, 0.2) is 17.5 Å². The molecule has 2 unspecified atom stereocenters. The molecule has 4 nitrogen and oxygen atoms in total. The molecule has 5 heteroatoms. The summed E-state index contributed by atoms with van der Waals surface area (Å²) in [6.45, 7) is 4.96. The first-order valence-electron chi connectivity index (χ1n) is 6.89. The molecule has 112 valence electrons. The van der Waals surface area contributed by atoms with Gasteiger partial charge in [-0.2, -0.15) is 0 Å². The molecule has 0 fully saturated rings. The Labute approximate surface area is 118 Å². The van der Waals surface area contributed by atoms with E-state index in [1.54, 1.807) is 0 Å². The highest BCUT2D eigenvalue weighted by Gasteiger charge is 2.41. The lowest BCUT2D eigenvalue weighted by molar-refractivity contribution is -0.159. The van der Waals surface area contributed by atoms with Crippen molar-refractivity contribution in [1.29, 1.82) is 0 Å². The Kier molecular flexibility index (Phi) is 5.92. The van der Waals surface area contributed by atoms with Crippen LogP contribution in [0.3, 0.4) is 0 Å². The summed E-state index contributed by atoms with van der Waals surface area (Å²) in [7, 11) is 0. The first-order valence-corrected chi connectivity index (χ1v) is 6.89. The monoisotopic (exact) mass is 284 g/mol. The van der Waals surface area contributed by atoms with Crippen LogP contribution in [0, 0.1) is 0 Å². The number of rotatable bonds is 6. The molecule has 20 heavy (non-hydrogen) atoms. The fourth-order valence-electron chi connectivity index (χ4n) is 1.83. The summed E-state index contributed by atoms with van der Waals surface area (Å²) in [6, 6.07) is 0. The fourth-order valence-corrected chi connectivity index (χ4v) is 1.83. The smallest absolute Gasteiger partial charge is 0.310 e. The molecule has 0 aromatic carbocycles. The van der Waals surface area contributed by atoms with Crippen LogP contribution in [0.4, 0.5) is 4.39 Å². The van der Waals surface area contributed by atoms with Crippen LogP contribution in [0.15, 0.2) is 24.0 Å². The van der Waals surface area contributed by atoms with Crippen molar-refractivity contribution in [2.24, 2.45) is 0 Å². The van der Waals surface area contributed by atoms with Gasteiger partial charge in [0, 0.05) is 12.8 Å². The number of halogens is 1. The normalized spacial score (nSPS) is 25.0. The zero-order chi connectivity index (χ0) is 15.2. The van der Waals surface area contributed by atoms with E-state index in [4.69, 9.17) is 9.47 Å². The Morgan fingerprint density at radius 2 is 1.85 bits per heavy atom. The summed E-state index contributed by atoms with van der Waals surface area (Å²) in [5.74, 6) is -0.920. The molecule has 0 bridgehead atoms. The van der Waals surface area contributed by atoms with Crippen molar-refractivity contribution in [3.63, 3.8) is 0 Å². The second-order valence-electron chi connectivity index (χ2n) is 4.92. The average Bonchev–Trinajstić information content (AvgIpc) is 2.34. The summed E-state index contributed by atoms with van der Waals surface area (Å²) in [5, 5.41) is 0. The van der Waals surface area contributed by atoms with Gasteiger partial charge in [-0.3, -0.25) is 9.59 Å². The SMILES string of the molecule is CCCC(=O)OC1=CC=CC(C)(F)C1OC(=O)CCC. The van der Waals surface area contributed by atoms with E-state index in [0.717, 1.165) is 0 Å². The van der Waals surface area contributed by atoms with E-state index in [1.165, 1.54) is 25.2 Å².